The molecule has 0 aliphatic rings. The fraction of sp³-hybridized carbons (Fsp3) is 0.316. The Morgan fingerprint density at radius 3 is 2.70 bits per heavy atom. The van der Waals surface area contributed by atoms with Crippen molar-refractivity contribution in [1.29, 1.82) is 0 Å². The SMILES string of the molecule is COCCOCCOc1cc(Cl)c(Cc2c[nH]c3ncc(Cl)cc23)cc1F. The Labute approximate surface area is 166 Å². The zero-order valence-corrected chi connectivity index (χ0v) is 16.2. The molecule has 0 aliphatic carbocycles. The number of hydrogen-bond donors (Lipinski definition) is 1. The van der Waals surface area contributed by atoms with E-state index in [1.165, 1.54) is 12.1 Å². The summed E-state index contributed by atoms with van der Waals surface area (Å²) < 4.78 is 30.0. The van der Waals surface area contributed by atoms with Crippen molar-refractivity contribution in [3.8, 4) is 5.75 Å². The van der Waals surface area contributed by atoms with Gasteiger partial charge in [0.2, 0.25) is 0 Å². The van der Waals surface area contributed by atoms with Crippen molar-refractivity contribution >= 4 is 34.2 Å². The standard InChI is InChI=1S/C19H19Cl2FN2O3/c1-25-2-3-26-4-5-27-18-9-16(21)12(7-17(18)22)6-13-10-23-19-15(13)8-14(20)11-24-19/h7-11H,2-6H2,1H3,(H,23,24). The lowest BCUT2D eigenvalue weighted by Gasteiger charge is -2.11. The normalized spacial score (nSPS) is 11.3. The minimum atomic E-state index is -0.470. The van der Waals surface area contributed by atoms with E-state index in [0.29, 0.717) is 41.9 Å². The van der Waals surface area contributed by atoms with Crippen molar-refractivity contribution in [3.63, 3.8) is 0 Å². The molecule has 0 aliphatic heterocycles. The lowest BCUT2D eigenvalue weighted by atomic mass is 10.0. The molecule has 0 atom stereocenters. The molecule has 0 saturated heterocycles. The zero-order valence-electron chi connectivity index (χ0n) is 14.7. The van der Waals surface area contributed by atoms with Crippen LogP contribution in [0, 0.1) is 5.82 Å². The summed E-state index contributed by atoms with van der Waals surface area (Å²) in [5.74, 6) is -0.370. The third-order valence-electron chi connectivity index (χ3n) is 3.98. The molecule has 0 radical (unpaired) electrons. The van der Waals surface area contributed by atoms with Gasteiger partial charge >= 0.3 is 0 Å². The molecule has 0 fully saturated rings. The summed E-state index contributed by atoms with van der Waals surface area (Å²) in [5, 5.41) is 1.85. The van der Waals surface area contributed by atoms with Crippen LogP contribution in [0.4, 0.5) is 4.39 Å². The molecule has 0 unspecified atom stereocenters. The van der Waals surface area contributed by atoms with E-state index in [0.717, 1.165) is 16.6 Å². The summed E-state index contributed by atoms with van der Waals surface area (Å²) in [4.78, 5) is 7.30. The van der Waals surface area contributed by atoms with Gasteiger partial charge in [0.1, 0.15) is 12.3 Å². The van der Waals surface area contributed by atoms with Crippen LogP contribution in [0.15, 0.2) is 30.6 Å². The van der Waals surface area contributed by atoms with Crippen LogP contribution >= 0.6 is 23.2 Å². The van der Waals surface area contributed by atoms with Gasteiger partial charge in [0.15, 0.2) is 11.6 Å². The summed E-state index contributed by atoms with van der Waals surface area (Å²) >= 11 is 12.4. The second-order valence-electron chi connectivity index (χ2n) is 5.87. The smallest absolute Gasteiger partial charge is 0.165 e. The van der Waals surface area contributed by atoms with E-state index in [4.69, 9.17) is 37.4 Å². The molecule has 3 aromatic rings. The second-order valence-corrected chi connectivity index (χ2v) is 6.71. The Kier molecular flexibility index (Phi) is 6.90. The van der Waals surface area contributed by atoms with E-state index >= 15 is 0 Å². The maximum Gasteiger partial charge on any atom is 0.165 e. The van der Waals surface area contributed by atoms with E-state index in [-0.39, 0.29) is 12.4 Å². The summed E-state index contributed by atoms with van der Waals surface area (Å²) in [6.45, 7) is 1.53. The van der Waals surface area contributed by atoms with E-state index in [9.17, 15) is 4.39 Å². The fourth-order valence-corrected chi connectivity index (χ4v) is 3.03. The molecule has 2 aromatic heterocycles. The lowest BCUT2D eigenvalue weighted by molar-refractivity contribution is 0.0538. The first-order valence-corrected chi connectivity index (χ1v) is 9.13. The number of benzene rings is 1. The highest BCUT2D eigenvalue weighted by molar-refractivity contribution is 6.31. The molecule has 3 rings (SSSR count). The number of aromatic amines is 1. The molecule has 1 N–H and O–H groups in total. The number of halogens is 3. The molecular weight excluding hydrogens is 394 g/mol. The van der Waals surface area contributed by atoms with Gasteiger partial charge in [-0.05, 0) is 23.3 Å². The molecule has 144 valence electrons. The average Bonchev–Trinajstić information content (AvgIpc) is 3.03. The Balaban J connectivity index is 1.68. The quantitative estimate of drug-likeness (QED) is 0.520. The number of pyridine rings is 1. The molecular formula is C19H19Cl2FN2O3. The maximum absolute atomic E-state index is 14.4. The molecule has 27 heavy (non-hydrogen) atoms. The number of nitrogens with one attached hydrogen (secondary N) is 1. The maximum atomic E-state index is 14.4. The van der Waals surface area contributed by atoms with Gasteiger partial charge in [0.05, 0.1) is 24.8 Å². The van der Waals surface area contributed by atoms with Crippen molar-refractivity contribution in [2.75, 3.05) is 33.5 Å². The predicted molar refractivity (Wildman–Crippen MR) is 104 cm³/mol. The molecule has 0 amide bonds. The minimum absolute atomic E-state index is 0.0997. The molecule has 1 aromatic carbocycles. The molecule has 0 saturated carbocycles. The number of methoxy groups -OCH3 is 1. The van der Waals surface area contributed by atoms with Gasteiger partial charge in [0.25, 0.3) is 0 Å². The van der Waals surface area contributed by atoms with Crippen LogP contribution in [0.2, 0.25) is 10.0 Å². The lowest BCUT2D eigenvalue weighted by Crippen LogP contribution is -2.10. The molecule has 5 nitrogen and oxygen atoms in total. The number of fused-ring (bicyclic) bond motifs is 1. The van der Waals surface area contributed by atoms with Crippen LogP contribution in [0.5, 0.6) is 5.75 Å². The third-order valence-corrected chi connectivity index (χ3v) is 4.54. The predicted octanol–water partition coefficient (Wildman–Crippen LogP) is 4.64. The third kappa shape index (κ3) is 5.11. The van der Waals surface area contributed by atoms with Crippen molar-refractivity contribution in [3.05, 3.63) is 57.6 Å². The first kappa shape index (κ1) is 19.9. The highest BCUT2D eigenvalue weighted by Gasteiger charge is 2.13. The van der Waals surface area contributed by atoms with E-state index < -0.39 is 5.82 Å². The monoisotopic (exact) mass is 412 g/mol. The average molecular weight is 413 g/mol. The summed E-state index contributed by atoms with van der Waals surface area (Å²) in [5.41, 5.74) is 2.31. The highest BCUT2D eigenvalue weighted by Crippen LogP contribution is 2.30. The van der Waals surface area contributed by atoms with Gasteiger partial charge in [0, 0.05) is 42.4 Å². The Morgan fingerprint density at radius 2 is 1.89 bits per heavy atom. The summed E-state index contributed by atoms with van der Waals surface area (Å²) in [6.07, 6.45) is 3.84. The van der Waals surface area contributed by atoms with Crippen molar-refractivity contribution in [2.24, 2.45) is 0 Å². The largest absolute Gasteiger partial charge is 0.488 e. The van der Waals surface area contributed by atoms with Crippen molar-refractivity contribution in [1.82, 2.24) is 9.97 Å². The Hall–Kier alpha value is -1.86. The second kappa shape index (κ2) is 9.37. The molecule has 8 heteroatoms. The van der Waals surface area contributed by atoms with Crippen LogP contribution in [-0.2, 0) is 15.9 Å². The van der Waals surface area contributed by atoms with Gasteiger partial charge in [-0.3, -0.25) is 0 Å². The van der Waals surface area contributed by atoms with Crippen LogP contribution in [0.25, 0.3) is 11.0 Å². The summed E-state index contributed by atoms with van der Waals surface area (Å²) in [6, 6.07) is 4.70. The van der Waals surface area contributed by atoms with Gasteiger partial charge < -0.3 is 19.2 Å². The Morgan fingerprint density at radius 1 is 1.07 bits per heavy atom. The minimum Gasteiger partial charge on any atom is -0.488 e. The van der Waals surface area contributed by atoms with E-state index in [2.05, 4.69) is 9.97 Å². The van der Waals surface area contributed by atoms with Crippen LogP contribution in [0.3, 0.4) is 0 Å². The fourth-order valence-electron chi connectivity index (χ4n) is 2.65. The number of rotatable bonds is 9. The van der Waals surface area contributed by atoms with Crippen LogP contribution in [0.1, 0.15) is 11.1 Å². The van der Waals surface area contributed by atoms with Crippen molar-refractivity contribution < 1.29 is 18.6 Å². The van der Waals surface area contributed by atoms with Gasteiger partial charge in [-0.15, -0.1) is 0 Å². The van der Waals surface area contributed by atoms with E-state index in [1.807, 2.05) is 12.3 Å². The zero-order chi connectivity index (χ0) is 19.2. The van der Waals surface area contributed by atoms with Gasteiger partial charge in [-0.25, -0.2) is 9.37 Å². The van der Waals surface area contributed by atoms with Crippen LogP contribution < -0.4 is 4.74 Å². The van der Waals surface area contributed by atoms with Gasteiger partial charge in [-0.2, -0.15) is 0 Å². The molecule has 0 bridgehead atoms. The van der Waals surface area contributed by atoms with Crippen molar-refractivity contribution in [2.45, 2.75) is 6.42 Å². The van der Waals surface area contributed by atoms with Crippen LogP contribution in [-0.4, -0.2) is 43.5 Å². The highest BCUT2D eigenvalue weighted by atomic mass is 35.5. The number of nitrogens with zero attached hydrogens (tertiary/aromatic N) is 1. The van der Waals surface area contributed by atoms with E-state index in [1.54, 1.807) is 13.3 Å². The van der Waals surface area contributed by atoms with Gasteiger partial charge in [-0.1, -0.05) is 23.2 Å². The number of H-pyrrole nitrogens is 1. The first-order chi connectivity index (χ1) is 13.1. The topological polar surface area (TPSA) is 56.4 Å². The Bertz CT molecular complexity index is 917. The first-order valence-electron chi connectivity index (χ1n) is 8.37. The number of hydrogen-bond acceptors (Lipinski definition) is 4. The molecule has 0 spiro atoms. The number of ether oxygens (including phenoxy) is 3. The molecule has 2 heterocycles. The number of aromatic nitrogens is 2. The summed E-state index contributed by atoms with van der Waals surface area (Å²) in [7, 11) is 1.60.